The lowest BCUT2D eigenvalue weighted by atomic mass is 10.0. The Balaban J connectivity index is 1.26. The van der Waals surface area contributed by atoms with Crippen LogP contribution in [0.25, 0.3) is 0 Å². The first kappa shape index (κ1) is 20.6. The maximum Gasteiger partial charge on any atom is 0.260 e. The molecule has 1 aliphatic rings. The molecule has 0 spiro atoms. The second-order valence-electron chi connectivity index (χ2n) is 7.35. The van der Waals surface area contributed by atoms with Crippen LogP contribution in [0.5, 0.6) is 5.75 Å². The minimum Gasteiger partial charge on any atom is -0.484 e. The third-order valence-electron chi connectivity index (χ3n) is 5.34. The summed E-state index contributed by atoms with van der Waals surface area (Å²) in [6.45, 7) is 2.50. The highest BCUT2D eigenvalue weighted by Gasteiger charge is 2.21. The van der Waals surface area contributed by atoms with Crippen LogP contribution in [0.3, 0.4) is 0 Å². The lowest BCUT2D eigenvalue weighted by molar-refractivity contribution is -0.133. The first-order chi connectivity index (χ1) is 15.1. The summed E-state index contributed by atoms with van der Waals surface area (Å²) >= 11 is 0. The number of carbonyl (C=O) groups excluding carboxylic acids is 2. The van der Waals surface area contributed by atoms with E-state index in [0.717, 1.165) is 5.69 Å². The molecule has 1 saturated heterocycles. The van der Waals surface area contributed by atoms with E-state index in [1.807, 2.05) is 18.2 Å². The molecule has 3 aromatic carbocycles. The van der Waals surface area contributed by atoms with Gasteiger partial charge in [0.25, 0.3) is 5.91 Å². The van der Waals surface area contributed by atoms with Gasteiger partial charge in [0.15, 0.2) is 12.4 Å². The molecule has 0 bridgehead atoms. The fraction of sp³-hybridized carbons (Fsp3) is 0.200. The van der Waals surface area contributed by atoms with Crippen LogP contribution in [-0.2, 0) is 4.79 Å². The Morgan fingerprint density at radius 3 is 2.03 bits per heavy atom. The van der Waals surface area contributed by atoms with Crippen LogP contribution in [0, 0.1) is 5.82 Å². The van der Waals surface area contributed by atoms with Gasteiger partial charge >= 0.3 is 0 Å². The number of ketones is 1. The Morgan fingerprint density at radius 1 is 0.774 bits per heavy atom. The van der Waals surface area contributed by atoms with Crippen LogP contribution < -0.4 is 9.64 Å². The van der Waals surface area contributed by atoms with Crippen molar-refractivity contribution in [3.8, 4) is 5.75 Å². The van der Waals surface area contributed by atoms with Crippen LogP contribution in [0.15, 0.2) is 78.9 Å². The molecule has 5 nitrogen and oxygen atoms in total. The molecular weight excluding hydrogens is 395 g/mol. The van der Waals surface area contributed by atoms with Gasteiger partial charge in [-0.25, -0.2) is 4.39 Å². The molecule has 1 heterocycles. The number of nitrogens with zero attached hydrogens (tertiary/aromatic N) is 2. The number of benzene rings is 3. The quantitative estimate of drug-likeness (QED) is 0.572. The molecule has 158 valence electrons. The predicted molar refractivity (Wildman–Crippen MR) is 117 cm³/mol. The highest BCUT2D eigenvalue weighted by atomic mass is 19.1. The van der Waals surface area contributed by atoms with Gasteiger partial charge in [0.1, 0.15) is 11.6 Å². The first-order valence-corrected chi connectivity index (χ1v) is 10.2. The molecule has 0 radical (unpaired) electrons. The van der Waals surface area contributed by atoms with E-state index in [0.29, 0.717) is 43.1 Å². The Hall–Kier alpha value is -3.67. The Bertz CT molecular complexity index is 1030. The molecule has 1 aliphatic heterocycles. The van der Waals surface area contributed by atoms with Crippen molar-refractivity contribution in [3.05, 3.63) is 95.8 Å². The zero-order valence-electron chi connectivity index (χ0n) is 17.0. The number of hydrogen-bond donors (Lipinski definition) is 0. The van der Waals surface area contributed by atoms with Crippen molar-refractivity contribution in [2.75, 3.05) is 37.7 Å². The zero-order valence-corrected chi connectivity index (χ0v) is 17.0. The maximum absolute atomic E-state index is 13.1. The van der Waals surface area contributed by atoms with Crippen LogP contribution in [-0.4, -0.2) is 49.4 Å². The van der Waals surface area contributed by atoms with E-state index < -0.39 is 0 Å². The van der Waals surface area contributed by atoms with Gasteiger partial charge in [-0.2, -0.15) is 0 Å². The van der Waals surface area contributed by atoms with E-state index in [1.54, 1.807) is 53.4 Å². The molecule has 0 N–H and O–H groups in total. The van der Waals surface area contributed by atoms with Crippen molar-refractivity contribution in [2.45, 2.75) is 0 Å². The number of halogens is 1. The fourth-order valence-corrected chi connectivity index (χ4v) is 3.56. The summed E-state index contributed by atoms with van der Waals surface area (Å²) in [6.07, 6.45) is 0. The van der Waals surface area contributed by atoms with E-state index in [9.17, 15) is 14.0 Å². The second-order valence-corrected chi connectivity index (χ2v) is 7.35. The summed E-state index contributed by atoms with van der Waals surface area (Å²) in [5.74, 6) is 0.153. The molecule has 4 rings (SSSR count). The van der Waals surface area contributed by atoms with Crippen LogP contribution in [0.2, 0.25) is 0 Å². The average molecular weight is 418 g/mol. The van der Waals surface area contributed by atoms with Gasteiger partial charge in [0.2, 0.25) is 0 Å². The topological polar surface area (TPSA) is 49.9 Å². The van der Waals surface area contributed by atoms with Crippen molar-refractivity contribution >= 4 is 17.4 Å². The van der Waals surface area contributed by atoms with Crippen LogP contribution >= 0.6 is 0 Å². The molecule has 3 aromatic rings. The molecule has 1 fully saturated rings. The van der Waals surface area contributed by atoms with Crippen LogP contribution in [0.4, 0.5) is 10.1 Å². The molecule has 6 heteroatoms. The summed E-state index contributed by atoms with van der Waals surface area (Å²) in [7, 11) is 0. The zero-order chi connectivity index (χ0) is 21.6. The Morgan fingerprint density at radius 2 is 1.39 bits per heavy atom. The average Bonchev–Trinajstić information content (AvgIpc) is 2.83. The third-order valence-corrected chi connectivity index (χ3v) is 5.34. The molecule has 1 amide bonds. The highest BCUT2D eigenvalue weighted by Crippen LogP contribution is 2.18. The van der Waals surface area contributed by atoms with Crippen LogP contribution in [0.1, 0.15) is 15.9 Å². The molecular formula is C25H23FN2O3. The normalized spacial score (nSPS) is 13.7. The predicted octanol–water partition coefficient (Wildman–Crippen LogP) is 3.78. The van der Waals surface area contributed by atoms with Crippen molar-refractivity contribution < 1.29 is 18.7 Å². The minimum atomic E-state index is -0.257. The summed E-state index contributed by atoms with van der Waals surface area (Å²) in [4.78, 5) is 28.9. The lowest BCUT2D eigenvalue weighted by Crippen LogP contribution is -2.50. The minimum absolute atomic E-state index is 0.0530. The van der Waals surface area contributed by atoms with Crippen molar-refractivity contribution in [1.29, 1.82) is 0 Å². The summed E-state index contributed by atoms with van der Waals surface area (Å²) < 4.78 is 18.7. The van der Waals surface area contributed by atoms with Gasteiger partial charge in [-0.05, 0) is 48.5 Å². The molecule has 0 aromatic heterocycles. The van der Waals surface area contributed by atoms with Gasteiger partial charge in [-0.15, -0.1) is 0 Å². The smallest absolute Gasteiger partial charge is 0.260 e. The molecule has 0 saturated carbocycles. The number of amides is 1. The molecule has 0 aliphatic carbocycles. The van der Waals surface area contributed by atoms with Gasteiger partial charge in [0, 0.05) is 43.0 Å². The standard InChI is InChI=1S/C25H23FN2O3/c26-21-8-10-22(11-9-21)27-14-16-28(17-15-27)24(29)18-31-23-12-6-20(7-13-23)25(30)19-4-2-1-3-5-19/h1-13H,14-18H2. The maximum atomic E-state index is 13.1. The number of ether oxygens (including phenoxy) is 1. The van der Waals surface area contributed by atoms with E-state index in [2.05, 4.69) is 4.90 Å². The third kappa shape index (κ3) is 5.09. The first-order valence-electron chi connectivity index (χ1n) is 10.2. The van der Waals surface area contributed by atoms with Crippen molar-refractivity contribution in [1.82, 2.24) is 4.90 Å². The molecule has 0 atom stereocenters. The SMILES string of the molecule is O=C(c1ccccc1)c1ccc(OCC(=O)N2CCN(c3ccc(F)cc3)CC2)cc1. The van der Waals surface area contributed by atoms with Gasteiger partial charge < -0.3 is 14.5 Å². The monoisotopic (exact) mass is 418 g/mol. The summed E-state index contributed by atoms with van der Waals surface area (Å²) in [5, 5.41) is 0. The lowest BCUT2D eigenvalue weighted by Gasteiger charge is -2.36. The highest BCUT2D eigenvalue weighted by molar-refractivity contribution is 6.08. The number of carbonyl (C=O) groups is 2. The summed E-state index contributed by atoms with van der Waals surface area (Å²) in [5.41, 5.74) is 2.16. The van der Waals surface area contributed by atoms with Crippen molar-refractivity contribution in [2.24, 2.45) is 0 Å². The fourth-order valence-electron chi connectivity index (χ4n) is 3.56. The van der Waals surface area contributed by atoms with E-state index in [4.69, 9.17) is 4.74 Å². The Kier molecular flexibility index (Phi) is 6.26. The van der Waals surface area contributed by atoms with Gasteiger partial charge in [-0.3, -0.25) is 9.59 Å². The largest absolute Gasteiger partial charge is 0.484 e. The number of anilines is 1. The van der Waals surface area contributed by atoms with E-state index in [-0.39, 0.29) is 24.1 Å². The second kappa shape index (κ2) is 9.43. The summed E-state index contributed by atoms with van der Waals surface area (Å²) in [6, 6.07) is 22.3. The van der Waals surface area contributed by atoms with Gasteiger partial charge in [0.05, 0.1) is 0 Å². The molecule has 31 heavy (non-hydrogen) atoms. The number of rotatable bonds is 6. The molecule has 0 unspecified atom stereocenters. The number of piperazine rings is 1. The van der Waals surface area contributed by atoms with E-state index >= 15 is 0 Å². The van der Waals surface area contributed by atoms with E-state index in [1.165, 1.54) is 12.1 Å². The van der Waals surface area contributed by atoms with Crippen molar-refractivity contribution in [3.63, 3.8) is 0 Å². The van der Waals surface area contributed by atoms with Gasteiger partial charge in [-0.1, -0.05) is 30.3 Å². The Labute approximate surface area is 180 Å². The number of hydrogen-bond acceptors (Lipinski definition) is 4.